The monoisotopic (exact) mass is 219 g/mol. The number of aromatic amines is 2. The normalized spacial score (nSPS) is 11.6. The van der Waals surface area contributed by atoms with Gasteiger partial charge in [-0.3, -0.25) is 9.97 Å². The first kappa shape index (κ1) is 10.5. The van der Waals surface area contributed by atoms with E-state index < -0.39 is 11.1 Å². The first-order chi connectivity index (χ1) is 7.51. The Balaban J connectivity index is 2.55. The summed E-state index contributed by atoms with van der Waals surface area (Å²) in [6.45, 7) is 3.84. The Morgan fingerprint density at radius 1 is 1.25 bits per heavy atom. The maximum Gasteiger partial charge on any atom is 0.325 e. The third-order valence-electron chi connectivity index (χ3n) is 2.73. The SMILES string of the molecule is CC(C)(c1ccncc1)c1[nH]c(=O)[nH]c1O. The van der Waals surface area contributed by atoms with Gasteiger partial charge in [-0.2, -0.15) is 0 Å². The van der Waals surface area contributed by atoms with Gasteiger partial charge in [0.25, 0.3) is 0 Å². The van der Waals surface area contributed by atoms with Crippen molar-refractivity contribution in [1.29, 1.82) is 0 Å². The molecule has 2 heterocycles. The highest BCUT2D eigenvalue weighted by molar-refractivity contribution is 5.36. The average molecular weight is 219 g/mol. The number of aromatic nitrogens is 3. The fourth-order valence-electron chi connectivity index (χ4n) is 1.74. The molecule has 0 unspecified atom stereocenters. The van der Waals surface area contributed by atoms with Gasteiger partial charge in [0.2, 0.25) is 5.88 Å². The first-order valence-corrected chi connectivity index (χ1v) is 4.94. The van der Waals surface area contributed by atoms with Crippen LogP contribution in [0.25, 0.3) is 0 Å². The van der Waals surface area contributed by atoms with Crippen LogP contribution in [0.3, 0.4) is 0 Å². The van der Waals surface area contributed by atoms with Crippen LogP contribution in [0.5, 0.6) is 5.88 Å². The molecular formula is C11H13N3O2. The summed E-state index contributed by atoms with van der Waals surface area (Å²) < 4.78 is 0. The molecule has 0 saturated heterocycles. The van der Waals surface area contributed by atoms with Crippen LogP contribution in [-0.4, -0.2) is 20.1 Å². The minimum Gasteiger partial charge on any atom is -0.493 e. The van der Waals surface area contributed by atoms with Crippen molar-refractivity contribution in [3.05, 3.63) is 46.3 Å². The van der Waals surface area contributed by atoms with E-state index in [1.807, 2.05) is 26.0 Å². The molecule has 2 aromatic rings. The Kier molecular flexibility index (Phi) is 2.30. The lowest BCUT2D eigenvalue weighted by atomic mass is 9.82. The van der Waals surface area contributed by atoms with Crippen molar-refractivity contribution in [2.24, 2.45) is 0 Å². The molecule has 0 radical (unpaired) electrons. The third kappa shape index (κ3) is 1.60. The summed E-state index contributed by atoms with van der Waals surface area (Å²) in [5, 5.41) is 9.63. The number of hydrogen-bond acceptors (Lipinski definition) is 3. The van der Waals surface area contributed by atoms with E-state index in [9.17, 15) is 9.90 Å². The van der Waals surface area contributed by atoms with Crippen LogP contribution in [-0.2, 0) is 5.41 Å². The molecule has 0 aliphatic rings. The molecule has 0 fully saturated rings. The molecule has 0 atom stereocenters. The van der Waals surface area contributed by atoms with Gasteiger partial charge < -0.3 is 10.1 Å². The van der Waals surface area contributed by atoms with Gasteiger partial charge >= 0.3 is 5.69 Å². The summed E-state index contributed by atoms with van der Waals surface area (Å²) >= 11 is 0. The van der Waals surface area contributed by atoms with Crippen molar-refractivity contribution in [2.45, 2.75) is 19.3 Å². The third-order valence-corrected chi connectivity index (χ3v) is 2.73. The first-order valence-electron chi connectivity index (χ1n) is 4.94. The molecule has 2 rings (SSSR count). The van der Waals surface area contributed by atoms with E-state index in [1.54, 1.807) is 12.4 Å². The Labute approximate surface area is 92.2 Å². The minimum atomic E-state index is -0.480. The van der Waals surface area contributed by atoms with Crippen LogP contribution in [0, 0.1) is 0 Å². The molecule has 3 N–H and O–H groups in total. The Morgan fingerprint density at radius 3 is 2.38 bits per heavy atom. The zero-order valence-electron chi connectivity index (χ0n) is 9.11. The molecule has 2 aromatic heterocycles. The standard InChI is InChI=1S/C11H13N3O2/c1-11(2,7-3-5-12-6-4-7)8-9(15)14-10(16)13-8/h3-6,15H,1-2H3,(H2,13,14,16). The number of nitrogens with zero attached hydrogens (tertiary/aromatic N) is 1. The molecular weight excluding hydrogens is 206 g/mol. The van der Waals surface area contributed by atoms with Gasteiger partial charge in [0.05, 0.1) is 5.69 Å². The number of nitrogens with one attached hydrogen (secondary N) is 2. The number of rotatable bonds is 2. The van der Waals surface area contributed by atoms with E-state index in [4.69, 9.17) is 0 Å². The summed E-state index contributed by atoms with van der Waals surface area (Å²) in [6.07, 6.45) is 3.36. The quantitative estimate of drug-likeness (QED) is 0.708. The van der Waals surface area contributed by atoms with E-state index in [1.165, 1.54) is 0 Å². The van der Waals surface area contributed by atoms with Crippen molar-refractivity contribution in [2.75, 3.05) is 0 Å². The van der Waals surface area contributed by atoms with Crippen molar-refractivity contribution in [3.8, 4) is 5.88 Å². The average Bonchev–Trinajstić information content (AvgIpc) is 2.60. The molecule has 0 saturated carbocycles. The van der Waals surface area contributed by atoms with E-state index >= 15 is 0 Å². The van der Waals surface area contributed by atoms with Crippen molar-refractivity contribution in [3.63, 3.8) is 0 Å². The summed E-state index contributed by atoms with van der Waals surface area (Å²) in [7, 11) is 0. The van der Waals surface area contributed by atoms with Crippen molar-refractivity contribution < 1.29 is 5.11 Å². The van der Waals surface area contributed by atoms with Crippen molar-refractivity contribution >= 4 is 0 Å². The fraction of sp³-hybridized carbons (Fsp3) is 0.273. The molecule has 5 nitrogen and oxygen atoms in total. The number of imidazole rings is 1. The molecule has 84 valence electrons. The Morgan fingerprint density at radius 2 is 1.88 bits per heavy atom. The second-order valence-corrected chi connectivity index (χ2v) is 4.16. The molecule has 0 bridgehead atoms. The highest BCUT2D eigenvalue weighted by Gasteiger charge is 2.28. The molecule has 0 aromatic carbocycles. The Hall–Kier alpha value is -2.04. The minimum absolute atomic E-state index is 0.119. The predicted octanol–water partition coefficient (Wildman–Crippen LogP) is 1.13. The summed E-state index contributed by atoms with van der Waals surface area (Å²) in [6, 6.07) is 3.70. The van der Waals surface area contributed by atoms with Gasteiger partial charge in [0, 0.05) is 17.8 Å². The van der Waals surface area contributed by atoms with Gasteiger partial charge in [0.1, 0.15) is 0 Å². The van der Waals surface area contributed by atoms with Gasteiger partial charge in [0.15, 0.2) is 0 Å². The number of pyridine rings is 1. The van der Waals surface area contributed by atoms with Crippen LogP contribution in [0.1, 0.15) is 25.1 Å². The van der Waals surface area contributed by atoms with Crippen LogP contribution >= 0.6 is 0 Å². The largest absolute Gasteiger partial charge is 0.493 e. The topological polar surface area (TPSA) is 81.8 Å². The van der Waals surface area contributed by atoms with E-state index in [0.717, 1.165) is 5.56 Å². The number of aromatic hydroxyl groups is 1. The zero-order chi connectivity index (χ0) is 11.8. The highest BCUT2D eigenvalue weighted by Crippen LogP contribution is 2.33. The molecule has 16 heavy (non-hydrogen) atoms. The van der Waals surface area contributed by atoms with Crippen molar-refractivity contribution in [1.82, 2.24) is 15.0 Å². The predicted molar refractivity (Wildman–Crippen MR) is 59.4 cm³/mol. The zero-order valence-corrected chi connectivity index (χ0v) is 9.11. The van der Waals surface area contributed by atoms with Gasteiger partial charge in [-0.05, 0) is 17.7 Å². The van der Waals surface area contributed by atoms with Crippen LogP contribution < -0.4 is 5.69 Å². The number of hydrogen-bond donors (Lipinski definition) is 3. The van der Waals surface area contributed by atoms with E-state index in [0.29, 0.717) is 5.69 Å². The summed E-state index contributed by atoms with van der Waals surface area (Å²) in [5.41, 5.74) is 0.554. The van der Waals surface area contributed by atoms with E-state index in [2.05, 4.69) is 15.0 Å². The maximum atomic E-state index is 11.1. The van der Waals surface area contributed by atoms with Crippen LogP contribution in [0.15, 0.2) is 29.3 Å². The van der Waals surface area contributed by atoms with Gasteiger partial charge in [-0.25, -0.2) is 4.79 Å². The molecule has 0 aliphatic carbocycles. The highest BCUT2D eigenvalue weighted by atomic mass is 16.3. The second-order valence-electron chi connectivity index (χ2n) is 4.16. The van der Waals surface area contributed by atoms with Crippen LogP contribution in [0.4, 0.5) is 0 Å². The molecule has 0 spiro atoms. The molecule has 5 heteroatoms. The Bertz CT molecular complexity index is 540. The lowest BCUT2D eigenvalue weighted by molar-refractivity contribution is 0.434. The molecule has 0 amide bonds. The van der Waals surface area contributed by atoms with E-state index in [-0.39, 0.29) is 5.88 Å². The number of H-pyrrole nitrogens is 2. The smallest absolute Gasteiger partial charge is 0.325 e. The summed E-state index contributed by atoms with van der Waals surface area (Å²) in [5.74, 6) is -0.119. The van der Waals surface area contributed by atoms with Gasteiger partial charge in [-0.1, -0.05) is 13.8 Å². The second kappa shape index (κ2) is 3.52. The lowest BCUT2D eigenvalue weighted by Crippen LogP contribution is -2.20. The lowest BCUT2D eigenvalue weighted by Gasteiger charge is -2.23. The maximum absolute atomic E-state index is 11.1. The molecule has 0 aliphatic heterocycles. The van der Waals surface area contributed by atoms with Crippen LogP contribution in [0.2, 0.25) is 0 Å². The van der Waals surface area contributed by atoms with Gasteiger partial charge in [-0.15, -0.1) is 0 Å². The fourth-order valence-corrected chi connectivity index (χ4v) is 1.74. The summed E-state index contributed by atoms with van der Waals surface area (Å²) in [4.78, 5) is 20.0.